The molecule has 122 valence electrons. The summed E-state index contributed by atoms with van der Waals surface area (Å²) in [7, 11) is 0. The zero-order valence-electron chi connectivity index (χ0n) is 13.4. The lowest BCUT2D eigenvalue weighted by Gasteiger charge is -2.32. The lowest BCUT2D eigenvalue weighted by atomic mass is 9.97. The Morgan fingerprint density at radius 3 is 3.00 bits per heavy atom. The van der Waals surface area contributed by atoms with Crippen molar-refractivity contribution in [3.8, 4) is 0 Å². The molecule has 23 heavy (non-hydrogen) atoms. The standard InChI is InChI=1S/C16H22N6O/c1-11-18-19-14-6-7-15(20-22(11)14)21-8-2-3-13(10-21)16(23)17-9-12-4-5-12/h6-7,12-13H,2-5,8-10H2,1H3,(H,17,23)/t13-/m0/s1. The fraction of sp³-hybridized carbons (Fsp3) is 0.625. The minimum atomic E-state index is 0.0574. The summed E-state index contributed by atoms with van der Waals surface area (Å²) in [6.45, 7) is 4.41. The van der Waals surface area contributed by atoms with E-state index in [-0.39, 0.29) is 11.8 Å². The second kappa shape index (κ2) is 5.79. The largest absolute Gasteiger partial charge is 0.356 e. The number of piperidine rings is 1. The Kier molecular flexibility index (Phi) is 3.63. The van der Waals surface area contributed by atoms with Gasteiger partial charge in [0.2, 0.25) is 5.91 Å². The molecule has 2 aromatic heterocycles. The van der Waals surface area contributed by atoms with Gasteiger partial charge in [0, 0.05) is 19.6 Å². The summed E-state index contributed by atoms with van der Waals surface area (Å²) >= 11 is 0. The van der Waals surface area contributed by atoms with E-state index >= 15 is 0 Å². The Labute approximate surface area is 135 Å². The molecule has 1 aliphatic carbocycles. The molecule has 7 nitrogen and oxygen atoms in total. The van der Waals surface area contributed by atoms with Gasteiger partial charge in [-0.05, 0) is 50.7 Å². The van der Waals surface area contributed by atoms with Crippen molar-refractivity contribution >= 4 is 17.4 Å². The Morgan fingerprint density at radius 1 is 1.30 bits per heavy atom. The fourth-order valence-electron chi connectivity index (χ4n) is 3.17. The summed E-state index contributed by atoms with van der Waals surface area (Å²) in [6.07, 6.45) is 4.50. The summed E-state index contributed by atoms with van der Waals surface area (Å²) in [5, 5.41) is 15.8. The average Bonchev–Trinajstić information content (AvgIpc) is 3.35. The molecule has 2 fully saturated rings. The van der Waals surface area contributed by atoms with Gasteiger partial charge in [-0.15, -0.1) is 15.3 Å². The Morgan fingerprint density at radius 2 is 2.17 bits per heavy atom. The second-order valence-electron chi connectivity index (χ2n) is 6.68. The lowest BCUT2D eigenvalue weighted by Crippen LogP contribution is -2.44. The van der Waals surface area contributed by atoms with E-state index in [4.69, 9.17) is 0 Å². The van der Waals surface area contributed by atoms with Crippen LogP contribution in [0.25, 0.3) is 5.65 Å². The third-order valence-electron chi connectivity index (χ3n) is 4.78. The molecule has 1 N–H and O–H groups in total. The van der Waals surface area contributed by atoms with E-state index in [2.05, 4.69) is 25.5 Å². The highest BCUT2D eigenvalue weighted by atomic mass is 16.1. The summed E-state index contributed by atoms with van der Waals surface area (Å²) in [5.74, 6) is 2.64. The lowest BCUT2D eigenvalue weighted by molar-refractivity contribution is -0.125. The van der Waals surface area contributed by atoms with E-state index in [1.807, 2.05) is 19.1 Å². The zero-order chi connectivity index (χ0) is 15.8. The number of hydrogen-bond acceptors (Lipinski definition) is 5. The van der Waals surface area contributed by atoms with Crippen molar-refractivity contribution in [1.29, 1.82) is 0 Å². The third-order valence-corrected chi connectivity index (χ3v) is 4.78. The number of carbonyl (C=O) groups excluding carboxylic acids is 1. The van der Waals surface area contributed by atoms with Crippen LogP contribution in [0.5, 0.6) is 0 Å². The maximum absolute atomic E-state index is 12.3. The smallest absolute Gasteiger partial charge is 0.224 e. The fourth-order valence-corrected chi connectivity index (χ4v) is 3.17. The molecule has 0 aromatic carbocycles. The van der Waals surface area contributed by atoms with Crippen molar-refractivity contribution in [3.05, 3.63) is 18.0 Å². The highest BCUT2D eigenvalue weighted by Gasteiger charge is 2.28. The molecule has 2 aromatic rings. The van der Waals surface area contributed by atoms with E-state index < -0.39 is 0 Å². The van der Waals surface area contributed by atoms with Gasteiger partial charge in [0.15, 0.2) is 11.5 Å². The van der Waals surface area contributed by atoms with Crippen molar-refractivity contribution in [2.75, 3.05) is 24.5 Å². The molecule has 4 rings (SSSR count). The van der Waals surface area contributed by atoms with Crippen LogP contribution >= 0.6 is 0 Å². The first-order chi connectivity index (χ1) is 11.2. The predicted molar refractivity (Wildman–Crippen MR) is 86.2 cm³/mol. The molecule has 7 heteroatoms. The number of nitrogens with one attached hydrogen (secondary N) is 1. The third kappa shape index (κ3) is 3.00. The van der Waals surface area contributed by atoms with Crippen molar-refractivity contribution in [1.82, 2.24) is 25.1 Å². The first-order valence-electron chi connectivity index (χ1n) is 8.42. The van der Waals surface area contributed by atoms with Gasteiger partial charge in [0.05, 0.1) is 5.92 Å². The number of fused-ring (bicyclic) bond motifs is 1. The number of nitrogens with zero attached hydrogens (tertiary/aromatic N) is 5. The highest BCUT2D eigenvalue weighted by molar-refractivity contribution is 5.79. The van der Waals surface area contributed by atoms with Gasteiger partial charge in [0.25, 0.3) is 0 Å². The van der Waals surface area contributed by atoms with Crippen molar-refractivity contribution in [2.45, 2.75) is 32.6 Å². The van der Waals surface area contributed by atoms with Crippen LogP contribution in [0.2, 0.25) is 0 Å². The molecular formula is C16H22N6O. The molecule has 1 atom stereocenters. The number of aromatic nitrogens is 4. The quantitative estimate of drug-likeness (QED) is 0.917. The van der Waals surface area contributed by atoms with Crippen LogP contribution < -0.4 is 10.2 Å². The second-order valence-corrected chi connectivity index (χ2v) is 6.68. The Balaban J connectivity index is 1.46. The first-order valence-corrected chi connectivity index (χ1v) is 8.42. The van der Waals surface area contributed by atoms with E-state index in [1.165, 1.54) is 12.8 Å². The Hall–Kier alpha value is -2.18. The molecule has 1 aliphatic heterocycles. The van der Waals surface area contributed by atoms with Crippen LogP contribution in [0.1, 0.15) is 31.5 Å². The van der Waals surface area contributed by atoms with Crippen molar-refractivity contribution in [3.63, 3.8) is 0 Å². The van der Waals surface area contributed by atoms with Gasteiger partial charge in [0.1, 0.15) is 5.82 Å². The highest BCUT2D eigenvalue weighted by Crippen LogP contribution is 2.28. The minimum absolute atomic E-state index is 0.0574. The number of hydrogen-bond donors (Lipinski definition) is 1. The molecule has 1 amide bonds. The number of carbonyl (C=O) groups is 1. The van der Waals surface area contributed by atoms with Crippen LogP contribution in [0.4, 0.5) is 5.82 Å². The first kappa shape index (κ1) is 14.4. The molecule has 0 unspecified atom stereocenters. The van der Waals surface area contributed by atoms with E-state index in [0.29, 0.717) is 0 Å². The van der Waals surface area contributed by atoms with Crippen LogP contribution in [0.15, 0.2) is 12.1 Å². The van der Waals surface area contributed by atoms with Crippen LogP contribution in [0, 0.1) is 18.8 Å². The molecule has 0 bridgehead atoms. The molecule has 1 saturated carbocycles. The molecule has 0 spiro atoms. The zero-order valence-corrected chi connectivity index (χ0v) is 13.4. The topological polar surface area (TPSA) is 75.4 Å². The van der Waals surface area contributed by atoms with Crippen LogP contribution in [0.3, 0.4) is 0 Å². The number of anilines is 1. The number of aryl methyl sites for hydroxylation is 1. The predicted octanol–water partition coefficient (Wildman–Crippen LogP) is 1.18. The van der Waals surface area contributed by atoms with E-state index in [1.54, 1.807) is 4.52 Å². The summed E-state index contributed by atoms with van der Waals surface area (Å²) in [6, 6.07) is 3.90. The number of rotatable bonds is 4. The van der Waals surface area contributed by atoms with Gasteiger partial charge in [-0.2, -0.15) is 4.52 Å². The van der Waals surface area contributed by atoms with Gasteiger partial charge >= 0.3 is 0 Å². The molecule has 2 aliphatic rings. The SMILES string of the molecule is Cc1nnc2ccc(N3CCC[C@H](C(=O)NCC4CC4)C3)nn12. The van der Waals surface area contributed by atoms with E-state index in [9.17, 15) is 4.79 Å². The minimum Gasteiger partial charge on any atom is -0.356 e. The maximum atomic E-state index is 12.3. The van der Waals surface area contributed by atoms with Crippen LogP contribution in [-0.2, 0) is 4.79 Å². The maximum Gasteiger partial charge on any atom is 0.224 e. The van der Waals surface area contributed by atoms with Crippen LogP contribution in [-0.4, -0.2) is 45.4 Å². The number of amides is 1. The summed E-state index contributed by atoms with van der Waals surface area (Å²) < 4.78 is 1.76. The molecular weight excluding hydrogens is 292 g/mol. The summed E-state index contributed by atoms with van der Waals surface area (Å²) in [5.41, 5.74) is 0.752. The van der Waals surface area contributed by atoms with Gasteiger partial charge in [-0.25, -0.2) is 0 Å². The van der Waals surface area contributed by atoms with E-state index in [0.717, 1.165) is 55.7 Å². The van der Waals surface area contributed by atoms with Crippen molar-refractivity contribution in [2.24, 2.45) is 11.8 Å². The molecule has 1 saturated heterocycles. The van der Waals surface area contributed by atoms with Gasteiger partial charge in [-0.1, -0.05) is 0 Å². The molecule has 3 heterocycles. The monoisotopic (exact) mass is 314 g/mol. The van der Waals surface area contributed by atoms with Gasteiger partial charge in [-0.3, -0.25) is 4.79 Å². The normalized spacial score (nSPS) is 21.6. The summed E-state index contributed by atoms with van der Waals surface area (Å²) in [4.78, 5) is 14.5. The average molecular weight is 314 g/mol. The van der Waals surface area contributed by atoms with Gasteiger partial charge < -0.3 is 10.2 Å². The Bertz CT molecular complexity index is 722. The molecule has 0 radical (unpaired) electrons. The van der Waals surface area contributed by atoms with Crippen molar-refractivity contribution < 1.29 is 4.79 Å².